The molecule has 2 aromatic rings. The minimum Gasteiger partial charge on any atom is -0.380 e. The second kappa shape index (κ2) is 5.95. The molecule has 3 rings (SSSR count). The lowest BCUT2D eigenvalue weighted by atomic mass is 10.1. The number of carbonyl (C=O) groups excluding carboxylic acids is 1. The van der Waals surface area contributed by atoms with Crippen molar-refractivity contribution in [3.05, 3.63) is 59.4 Å². The zero-order chi connectivity index (χ0) is 14.7. The molecule has 1 aromatic heterocycles. The molecule has 4 nitrogen and oxygen atoms in total. The number of hydrogen-bond acceptors (Lipinski definition) is 3. The van der Waals surface area contributed by atoms with Crippen molar-refractivity contribution >= 4 is 11.6 Å². The van der Waals surface area contributed by atoms with E-state index in [1.165, 1.54) is 11.1 Å². The van der Waals surface area contributed by atoms with E-state index in [1.54, 1.807) is 12.3 Å². The number of anilines is 1. The van der Waals surface area contributed by atoms with E-state index >= 15 is 0 Å². The van der Waals surface area contributed by atoms with Gasteiger partial charge in [-0.1, -0.05) is 29.8 Å². The Morgan fingerprint density at radius 1 is 1.29 bits per heavy atom. The standard InChI is InChI=1S/C17H19N3O/c1-12-3-2-4-13(9-12)10-18-15-7-8-16(19-11-15)17(21)20-14-5-6-14/h2-4,7-9,11,14,18H,5-6,10H2,1H3,(H,20,21). The van der Waals surface area contributed by atoms with E-state index in [4.69, 9.17) is 0 Å². The van der Waals surface area contributed by atoms with Crippen LogP contribution >= 0.6 is 0 Å². The summed E-state index contributed by atoms with van der Waals surface area (Å²) in [4.78, 5) is 16.0. The maximum Gasteiger partial charge on any atom is 0.270 e. The van der Waals surface area contributed by atoms with Gasteiger partial charge < -0.3 is 10.6 Å². The zero-order valence-corrected chi connectivity index (χ0v) is 12.1. The minimum absolute atomic E-state index is 0.0808. The average Bonchev–Trinajstić information content (AvgIpc) is 3.30. The zero-order valence-electron chi connectivity index (χ0n) is 12.1. The Balaban J connectivity index is 1.57. The molecule has 21 heavy (non-hydrogen) atoms. The van der Waals surface area contributed by atoms with Crippen LogP contribution in [0.3, 0.4) is 0 Å². The van der Waals surface area contributed by atoms with Crippen molar-refractivity contribution in [2.75, 3.05) is 5.32 Å². The molecule has 1 fully saturated rings. The summed E-state index contributed by atoms with van der Waals surface area (Å²) in [6, 6.07) is 12.4. The van der Waals surface area contributed by atoms with Crippen molar-refractivity contribution in [1.82, 2.24) is 10.3 Å². The van der Waals surface area contributed by atoms with E-state index in [2.05, 4.69) is 46.8 Å². The SMILES string of the molecule is Cc1cccc(CNc2ccc(C(=O)NC3CC3)nc2)c1. The normalized spacial score (nSPS) is 13.8. The first kappa shape index (κ1) is 13.6. The number of aryl methyl sites for hydroxylation is 1. The highest BCUT2D eigenvalue weighted by Crippen LogP contribution is 2.19. The smallest absolute Gasteiger partial charge is 0.270 e. The fraction of sp³-hybridized carbons (Fsp3) is 0.294. The quantitative estimate of drug-likeness (QED) is 0.886. The van der Waals surface area contributed by atoms with Crippen molar-refractivity contribution < 1.29 is 4.79 Å². The molecular weight excluding hydrogens is 262 g/mol. The van der Waals surface area contributed by atoms with E-state index in [-0.39, 0.29) is 5.91 Å². The molecule has 1 saturated carbocycles. The largest absolute Gasteiger partial charge is 0.380 e. The van der Waals surface area contributed by atoms with Crippen molar-refractivity contribution in [2.24, 2.45) is 0 Å². The van der Waals surface area contributed by atoms with Gasteiger partial charge in [0.15, 0.2) is 0 Å². The van der Waals surface area contributed by atoms with Gasteiger partial charge in [0.05, 0.1) is 11.9 Å². The molecule has 108 valence electrons. The highest BCUT2D eigenvalue weighted by Gasteiger charge is 2.24. The molecule has 2 N–H and O–H groups in total. The Bertz CT molecular complexity index is 633. The summed E-state index contributed by atoms with van der Waals surface area (Å²) in [5.74, 6) is -0.0808. The molecule has 0 saturated heterocycles. The fourth-order valence-corrected chi connectivity index (χ4v) is 2.15. The van der Waals surface area contributed by atoms with Crippen LogP contribution in [-0.2, 0) is 6.54 Å². The van der Waals surface area contributed by atoms with Crippen LogP contribution in [0.4, 0.5) is 5.69 Å². The second-order valence-electron chi connectivity index (χ2n) is 5.52. The van der Waals surface area contributed by atoms with Crippen molar-refractivity contribution in [1.29, 1.82) is 0 Å². The van der Waals surface area contributed by atoms with Crippen LogP contribution in [0.25, 0.3) is 0 Å². The van der Waals surface area contributed by atoms with E-state index < -0.39 is 0 Å². The van der Waals surface area contributed by atoms with Crippen LogP contribution in [0.1, 0.15) is 34.5 Å². The third-order valence-electron chi connectivity index (χ3n) is 3.49. The van der Waals surface area contributed by atoms with Crippen LogP contribution in [0.5, 0.6) is 0 Å². The predicted octanol–water partition coefficient (Wildman–Crippen LogP) is 2.89. The number of pyridine rings is 1. The maximum atomic E-state index is 11.8. The molecule has 1 aromatic carbocycles. The monoisotopic (exact) mass is 281 g/mol. The molecule has 0 spiro atoms. The Morgan fingerprint density at radius 2 is 2.14 bits per heavy atom. The molecule has 1 amide bonds. The van der Waals surface area contributed by atoms with E-state index in [0.717, 1.165) is 25.1 Å². The summed E-state index contributed by atoms with van der Waals surface area (Å²) in [6.07, 6.45) is 3.88. The van der Waals surface area contributed by atoms with Crippen LogP contribution in [0.2, 0.25) is 0 Å². The van der Waals surface area contributed by atoms with Crippen LogP contribution in [-0.4, -0.2) is 16.9 Å². The van der Waals surface area contributed by atoms with E-state index in [0.29, 0.717) is 11.7 Å². The Hall–Kier alpha value is -2.36. The van der Waals surface area contributed by atoms with Crippen LogP contribution in [0, 0.1) is 6.92 Å². The van der Waals surface area contributed by atoms with Crippen molar-refractivity contribution in [2.45, 2.75) is 32.4 Å². The first-order chi connectivity index (χ1) is 10.2. The van der Waals surface area contributed by atoms with Gasteiger partial charge in [-0.05, 0) is 37.5 Å². The molecule has 1 aliphatic carbocycles. The summed E-state index contributed by atoms with van der Waals surface area (Å²) in [7, 11) is 0. The summed E-state index contributed by atoms with van der Waals surface area (Å²) in [5, 5.41) is 6.25. The lowest BCUT2D eigenvalue weighted by molar-refractivity contribution is 0.0946. The van der Waals surface area contributed by atoms with E-state index in [1.807, 2.05) is 6.07 Å². The van der Waals surface area contributed by atoms with Crippen LogP contribution < -0.4 is 10.6 Å². The topological polar surface area (TPSA) is 54.0 Å². The number of rotatable bonds is 5. The minimum atomic E-state index is -0.0808. The lowest BCUT2D eigenvalue weighted by Crippen LogP contribution is -2.26. The highest BCUT2D eigenvalue weighted by molar-refractivity contribution is 5.92. The van der Waals surface area contributed by atoms with Gasteiger partial charge in [0.25, 0.3) is 5.91 Å². The van der Waals surface area contributed by atoms with Crippen molar-refractivity contribution in [3.8, 4) is 0 Å². The van der Waals surface area contributed by atoms with Gasteiger partial charge in [-0.15, -0.1) is 0 Å². The van der Waals surface area contributed by atoms with E-state index in [9.17, 15) is 4.79 Å². The summed E-state index contributed by atoms with van der Waals surface area (Å²) >= 11 is 0. The Morgan fingerprint density at radius 3 is 2.81 bits per heavy atom. The van der Waals surface area contributed by atoms with Gasteiger partial charge in [-0.2, -0.15) is 0 Å². The molecule has 0 unspecified atom stereocenters. The number of carbonyl (C=O) groups is 1. The molecule has 1 heterocycles. The molecule has 4 heteroatoms. The highest BCUT2D eigenvalue weighted by atomic mass is 16.2. The van der Waals surface area contributed by atoms with Crippen molar-refractivity contribution in [3.63, 3.8) is 0 Å². The number of hydrogen-bond donors (Lipinski definition) is 2. The molecular formula is C17H19N3O. The van der Waals surface area contributed by atoms with Crippen LogP contribution in [0.15, 0.2) is 42.6 Å². The third-order valence-corrected chi connectivity index (χ3v) is 3.49. The van der Waals surface area contributed by atoms with Gasteiger partial charge in [0.2, 0.25) is 0 Å². The predicted molar refractivity (Wildman–Crippen MR) is 83.2 cm³/mol. The van der Waals surface area contributed by atoms with Gasteiger partial charge in [0, 0.05) is 12.6 Å². The van der Waals surface area contributed by atoms with Gasteiger partial charge in [0.1, 0.15) is 5.69 Å². The maximum absolute atomic E-state index is 11.8. The molecule has 0 bridgehead atoms. The number of nitrogens with zero attached hydrogens (tertiary/aromatic N) is 1. The summed E-state index contributed by atoms with van der Waals surface area (Å²) < 4.78 is 0. The van der Waals surface area contributed by atoms with Gasteiger partial charge in [-0.25, -0.2) is 4.98 Å². The van der Waals surface area contributed by atoms with Gasteiger partial charge in [-0.3, -0.25) is 4.79 Å². The third kappa shape index (κ3) is 3.81. The first-order valence-electron chi connectivity index (χ1n) is 7.27. The average molecular weight is 281 g/mol. The summed E-state index contributed by atoms with van der Waals surface area (Å²) in [5.41, 5.74) is 3.87. The Labute approximate surface area is 124 Å². The molecule has 1 aliphatic rings. The summed E-state index contributed by atoms with van der Waals surface area (Å²) in [6.45, 7) is 2.83. The fourth-order valence-electron chi connectivity index (χ4n) is 2.15. The molecule has 0 radical (unpaired) electrons. The number of nitrogens with one attached hydrogen (secondary N) is 2. The first-order valence-corrected chi connectivity index (χ1v) is 7.27. The second-order valence-corrected chi connectivity index (χ2v) is 5.52. The lowest BCUT2D eigenvalue weighted by Gasteiger charge is -2.08. The number of aromatic nitrogens is 1. The number of amides is 1. The van der Waals surface area contributed by atoms with Gasteiger partial charge >= 0.3 is 0 Å². The number of benzene rings is 1. The Kier molecular flexibility index (Phi) is 3.86. The molecule has 0 atom stereocenters. The molecule has 0 aliphatic heterocycles.